The van der Waals surface area contributed by atoms with Crippen molar-refractivity contribution in [3.63, 3.8) is 0 Å². The second kappa shape index (κ2) is 5.68. The Kier molecular flexibility index (Phi) is 4.17. The van der Waals surface area contributed by atoms with Crippen LogP contribution in [0.1, 0.15) is 50.9 Å². The Labute approximate surface area is 115 Å². The molecule has 0 bridgehead atoms. The molecule has 19 heavy (non-hydrogen) atoms. The Balaban J connectivity index is 2.23. The number of carbonyl (C=O) groups excluding carboxylic acids is 1. The molecule has 1 unspecified atom stereocenters. The minimum absolute atomic E-state index is 0.139. The van der Waals surface area contributed by atoms with E-state index in [-0.39, 0.29) is 11.7 Å². The summed E-state index contributed by atoms with van der Waals surface area (Å²) in [5.74, 6) is 1.60. The molecule has 1 fully saturated rings. The third-order valence-corrected chi connectivity index (χ3v) is 3.73. The maximum absolute atomic E-state index is 11.6. The van der Waals surface area contributed by atoms with Gasteiger partial charge in [-0.3, -0.25) is 4.79 Å². The quantitative estimate of drug-likeness (QED) is 0.839. The number of piperidine rings is 1. The summed E-state index contributed by atoms with van der Waals surface area (Å²) in [6.45, 7) is 9.68. The number of carbonyl (C=O) groups is 1. The Morgan fingerprint density at radius 2 is 2.16 bits per heavy atom. The van der Waals surface area contributed by atoms with Crippen LogP contribution in [0.2, 0.25) is 0 Å². The standard InChI is InChI=1S/C15H23N3O/c1-10(2)14-8-11(3)16-15(17-14)18-7-5-6-13(9-18)12(4)19/h8,10,13H,5-7,9H2,1-4H3. The molecule has 2 heterocycles. The smallest absolute Gasteiger partial charge is 0.225 e. The minimum atomic E-state index is 0.139. The molecule has 0 aromatic carbocycles. The van der Waals surface area contributed by atoms with Crippen molar-refractivity contribution in [3.8, 4) is 0 Å². The van der Waals surface area contributed by atoms with Crippen molar-refractivity contribution in [2.45, 2.75) is 46.5 Å². The zero-order valence-electron chi connectivity index (χ0n) is 12.3. The fourth-order valence-corrected chi connectivity index (χ4v) is 2.50. The number of aromatic nitrogens is 2. The zero-order chi connectivity index (χ0) is 14.0. The normalized spacial score (nSPS) is 19.8. The first-order chi connectivity index (χ1) is 8.97. The number of Topliss-reactive ketones (excluding diaryl/α,β-unsaturated/α-hetero) is 1. The van der Waals surface area contributed by atoms with Gasteiger partial charge in [0, 0.05) is 30.4 Å². The van der Waals surface area contributed by atoms with E-state index in [1.807, 2.05) is 13.0 Å². The summed E-state index contributed by atoms with van der Waals surface area (Å²) in [6.07, 6.45) is 2.03. The number of nitrogens with zero attached hydrogens (tertiary/aromatic N) is 3. The highest BCUT2D eigenvalue weighted by Gasteiger charge is 2.25. The van der Waals surface area contributed by atoms with E-state index in [0.29, 0.717) is 5.92 Å². The lowest BCUT2D eigenvalue weighted by molar-refractivity contribution is -0.120. The van der Waals surface area contributed by atoms with Gasteiger partial charge in [-0.05, 0) is 38.7 Å². The molecule has 1 atom stereocenters. The van der Waals surface area contributed by atoms with E-state index in [0.717, 1.165) is 43.3 Å². The number of ketones is 1. The van der Waals surface area contributed by atoms with Crippen molar-refractivity contribution >= 4 is 11.7 Å². The zero-order valence-corrected chi connectivity index (χ0v) is 12.3. The number of aryl methyl sites for hydroxylation is 1. The van der Waals surface area contributed by atoms with E-state index in [1.165, 1.54) is 0 Å². The van der Waals surface area contributed by atoms with Crippen molar-refractivity contribution in [3.05, 3.63) is 17.5 Å². The van der Waals surface area contributed by atoms with E-state index in [1.54, 1.807) is 6.92 Å². The molecule has 1 aliphatic rings. The second-order valence-corrected chi connectivity index (χ2v) is 5.78. The lowest BCUT2D eigenvalue weighted by Crippen LogP contribution is -2.39. The Hall–Kier alpha value is -1.45. The number of hydrogen-bond acceptors (Lipinski definition) is 4. The summed E-state index contributed by atoms with van der Waals surface area (Å²) >= 11 is 0. The third kappa shape index (κ3) is 3.31. The van der Waals surface area contributed by atoms with Gasteiger partial charge >= 0.3 is 0 Å². The summed E-state index contributed by atoms with van der Waals surface area (Å²) < 4.78 is 0. The summed E-state index contributed by atoms with van der Waals surface area (Å²) in [7, 11) is 0. The van der Waals surface area contributed by atoms with Gasteiger partial charge in [0.05, 0.1) is 0 Å². The topological polar surface area (TPSA) is 46.1 Å². The first-order valence-corrected chi connectivity index (χ1v) is 7.08. The van der Waals surface area contributed by atoms with Crippen LogP contribution in [0.3, 0.4) is 0 Å². The van der Waals surface area contributed by atoms with Gasteiger partial charge in [-0.1, -0.05) is 13.8 Å². The molecule has 4 nitrogen and oxygen atoms in total. The number of anilines is 1. The van der Waals surface area contributed by atoms with Crippen molar-refractivity contribution < 1.29 is 4.79 Å². The van der Waals surface area contributed by atoms with E-state index < -0.39 is 0 Å². The van der Waals surface area contributed by atoms with Crippen LogP contribution < -0.4 is 4.90 Å². The van der Waals surface area contributed by atoms with Crippen LogP contribution in [0.25, 0.3) is 0 Å². The van der Waals surface area contributed by atoms with Crippen LogP contribution in [-0.2, 0) is 4.79 Å². The van der Waals surface area contributed by atoms with Gasteiger partial charge in [0.1, 0.15) is 5.78 Å². The van der Waals surface area contributed by atoms with Crippen molar-refractivity contribution in [1.29, 1.82) is 0 Å². The first kappa shape index (κ1) is 14.0. The average Bonchev–Trinajstić information content (AvgIpc) is 2.38. The fourth-order valence-electron chi connectivity index (χ4n) is 2.50. The summed E-state index contributed by atoms with van der Waals surface area (Å²) in [6, 6.07) is 2.04. The van der Waals surface area contributed by atoms with Crippen molar-refractivity contribution in [2.24, 2.45) is 5.92 Å². The lowest BCUT2D eigenvalue weighted by atomic mass is 9.95. The van der Waals surface area contributed by atoms with Gasteiger partial charge in [-0.25, -0.2) is 9.97 Å². The van der Waals surface area contributed by atoms with Crippen LogP contribution >= 0.6 is 0 Å². The average molecular weight is 261 g/mol. The van der Waals surface area contributed by atoms with Gasteiger partial charge in [0.15, 0.2) is 0 Å². The Morgan fingerprint density at radius 3 is 2.79 bits per heavy atom. The molecule has 0 spiro atoms. The largest absolute Gasteiger partial charge is 0.340 e. The number of rotatable bonds is 3. The van der Waals surface area contributed by atoms with Crippen LogP contribution in [-0.4, -0.2) is 28.8 Å². The maximum Gasteiger partial charge on any atom is 0.225 e. The Bertz CT molecular complexity index is 470. The highest BCUT2D eigenvalue weighted by atomic mass is 16.1. The van der Waals surface area contributed by atoms with Gasteiger partial charge in [0.25, 0.3) is 0 Å². The molecule has 0 N–H and O–H groups in total. The second-order valence-electron chi connectivity index (χ2n) is 5.78. The van der Waals surface area contributed by atoms with Crippen molar-refractivity contribution in [2.75, 3.05) is 18.0 Å². The molecule has 104 valence electrons. The molecule has 1 saturated heterocycles. The number of hydrogen-bond donors (Lipinski definition) is 0. The molecule has 4 heteroatoms. The fraction of sp³-hybridized carbons (Fsp3) is 0.667. The van der Waals surface area contributed by atoms with Gasteiger partial charge in [0.2, 0.25) is 5.95 Å². The molecule has 2 rings (SSSR count). The molecule has 0 amide bonds. The monoisotopic (exact) mass is 261 g/mol. The highest BCUT2D eigenvalue weighted by Crippen LogP contribution is 2.23. The molecule has 1 aromatic heterocycles. The SMILES string of the molecule is CC(=O)C1CCCN(c2nc(C)cc(C(C)C)n2)C1. The molecule has 0 aliphatic carbocycles. The third-order valence-electron chi connectivity index (χ3n) is 3.73. The van der Waals surface area contributed by atoms with Crippen LogP contribution in [0.5, 0.6) is 0 Å². The van der Waals surface area contributed by atoms with Crippen molar-refractivity contribution in [1.82, 2.24) is 9.97 Å². The van der Waals surface area contributed by atoms with E-state index in [2.05, 4.69) is 28.7 Å². The van der Waals surface area contributed by atoms with E-state index in [4.69, 9.17) is 0 Å². The van der Waals surface area contributed by atoms with E-state index in [9.17, 15) is 4.79 Å². The Morgan fingerprint density at radius 1 is 1.42 bits per heavy atom. The lowest BCUT2D eigenvalue weighted by Gasteiger charge is -2.32. The molecular formula is C15H23N3O. The summed E-state index contributed by atoms with van der Waals surface area (Å²) in [4.78, 5) is 22.9. The molecule has 0 saturated carbocycles. The molecular weight excluding hydrogens is 238 g/mol. The predicted molar refractivity (Wildman–Crippen MR) is 76.5 cm³/mol. The molecule has 1 aliphatic heterocycles. The summed E-state index contributed by atoms with van der Waals surface area (Å²) in [5.41, 5.74) is 2.08. The maximum atomic E-state index is 11.6. The minimum Gasteiger partial charge on any atom is -0.340 e. The first-order valence-electron chi connectivity index (χ1n) is 7.08. The van der Waals surface area contributed by atoms with Crippen LogP contribution in [0.4, 0.5) is 5.95 Å². The predicted octanol–water partition coefficient (Wildman–Crippen LogP) is 2.71. The van der Waals surface area contributed by atoms with Crippen LogP contribution in [0, 0.1) is 12.8 Å². The molecule has 0 radical (unpaired) electrons. The van der Waals surface area contributed by atoms with Gasteiger partial charge in [-0.2, -0.15) is 0 Å². The highest BCUT2D eigenvalue weighted by molar-refractivity contribution is 5.79. The summed E-state index contributed by atoms with van der Waals surface area (Å²) in [5, 5.41) is 0. The van der Waals surface area contributed by atoms with E-state index >= 15 is 0 Å². The molecule has 1 aromatic rings. The van der Waals surface area contributed by atoms with Crippen LogP contribution in [0.15, 0.2) is 6.07 Å². The van der Waals surface area contributed by atoms with Gasteiger partial charge < -0.3 is 4.90 Å². The van der Waals surface area contributed by atoms with Gasteiger partial charge in [-0.15, -0.1) is 0 Å².